The summed E-state index contributed by atoms with van der Waals surface area (Å²) in [4.78, 5) is 10.1. The van der Waals surface area contributed by atoms with E-state index in [1.54, 1.807) is 0 Å². The Bertz CT molecular complexity index is 277. The highest BCUT2D eigenvalue weighted by atomic mass is 79.9. The van der Waals surface area contributed by atoms with E-state index in [1.807, 2.05) is 0 Å². The van der Waals surface area contributed by atoms with Gasteiger partial charge < -0.3 is 0 Å². The van der Waals surface area contributed by atoms with Crippen molar-refractivity contribution in [2.75, 3.05) is 0 Å². The van der Waals surface area contributed by atoms with Crippen LogP contribution in [0.5, 0.6) is 0 Å². The summed E-state index contributed by atoms with van der Waals surface area (Å²) in [5.41, 5.74) is -0.227. The molecule has 1 nitrogen and oxygen atoms in total. The van der Waals surface area contributed by atoms with Gasteiger partial charge in [-0.05, 0) is 12.1 Å². The summed E-state index contributed by atoms with van der Waals surface area (Å²) in [5.74, 6) is -0.667. The van der Waals surface area contributed by atoms with Crippen LogP contribution in [0.2, 0.25) is 5.02 Å². The molecule has 1 aromatic carbocycles. The van der Waals surface area contributed by atoms with Crippen LogP contribution in [0.4, 0.5) is 4.39 Å². The SMILES string of the molecule is O=[C]c1c(F)cc(Br)cc1Cl. The van der Waals surface area contributed by atoms with Crippen molar-refractivity contribution >= 4 is 33.8 Å². The zero-order valence-electron chi connectivity index (χ0n) is 5.20. The molecule has 0 amide bonds. The Morgan fingerprint density at radius 3 is 2.64 bits per heavy atom. The molecule has 0 bridgehead atoms. The van der Waals surface area contributed by atoms with Gasteiger partial charge in [-0.3, -0.25) is 4.79 Å². The van der Waals surface area contributed by atoms with Gasteiger partial charge in [0.05, 0.1) is 10.6 Å². The Kier molecular flexibility index (Phi) is 2.62. The van der Waals surface area contributed by atoms with Crippen molar-refractivity contribution in [1.82, 2.24) is 0 Å². The molecule has 0 aliphatic carbocycles. The predicted molar refractivity (Wildman–Crippen MR) is 43.9 cm³/mol. The van der Waals surface area contributed by atoms with E-state index < -0.39 is 5.82 Å². The number of hydrogen-bond acceptors (Lipinski definition) is 1. The second-order valence-corrected chi connectivity index (χ2v) is 3.17. The highest BCUT2D eigenvalue weighted by Gasteiger charge is 2.07. The highest BCUT2D eigenvalue weighted by Crippen LogP contribution is 2.22. The lowest BCUT2D eigenvalue weighted by atomic mass is 10.2. The first-order valence-corrected chi connectivity index (χ1v) is 3.85. The first-order chi connectivity index (χ1) is 5.15. The molecule has 1 aromatic rings. The molecule has 0 saturated heterocycles. The normalized spacial score (nSPS) is 9.73. The monoisotopic (exact) mass is 235 g/mol. The quantitative estimate of drug-likeness (QED) is 0.733. The molecule has 0 fully saturated rings. The molecule has 1 rings (SSSR count). The first-order valence-electron chi connectivity index (χ1n) is 2.68. The fourth-order valence-corrected chi connectivity index (χ4v) is 1.45. The minimum absolute atomic E-state index is 0.0619. The van der Waals surface area contributed by atoms with Gasteiger partial charge in [0, 0.05) is 4.47 Å². The van der Waals surface area contributed by atoms with E-state index in [2.05, 4.69) is 15.9 Å². The summed E-state index contributed by atoms with van der Waals surface area (Å²) in [6.07, 6.45) is 1.41. The van der Waals surface area contributed by atoms with Crippen LogP contribution >= 0.6 is 27.5 Å². The van der Waals surface area contributed by atoms with Crippen molar-refractivity contribution in [2.45, 2.75) is 0 Å². The minimum Gasteiger partial charge on any atom is -0.285 e. The maximum atomic E-state index is 12.7. The fraction of sp³-hybridized carbons (Fsp3) is 0. The molecule has 1 radical (unpaired) electrons. The summed E-state index contributed by atoms with van der Waals surface area (Å²) in [5, 5.41) is 0.0619. The van der Waals surface area contributed by atoms with Gasteiger partial charge in [-0.1, -0.05) is 27.5 Å². The van der Waals surface area contributed by atoms with Crippen LogP contribution in [0, 0.1) is 5.82 Å². The summed E-state index contributed by atoms with van der Waals surface area (Å²) in [6.45, 7) is 0. The van der Waals surface area contributed by atoms with Gasteiger partial charge in [-0.2, -0.15) is 0 Å². The average Bonchev–Trinajstić information content (AvgIpc) is 1.85. The number of hydrogen-bond donors (Lipinski definition) is 0. The fourth-order valence-electron chi connectivity index (χ4n) is 0.640. The van der Waals surface area contributed by atoms with Crippen molar-refractivity contribution < 1.29 is 9.18 Å². The third-order valence-electron chi connectivity index (χ3n) is 1.11. The highest BCUT2D eigenvalue weighted by molar-refractivity contribution is 9.10. The Labute approximate surface area is 76.3 Å². The summed E-state index contributed by atoms with van der Waals surface area (Å²) in [6, 6.07) is 2.59. The van der Waals surface area contributed by atoms with E-state index in [0.717, 1.165) is 6.07 Å². The zero-order valence-corrected chi connectivity index (χ0v) is 7.54. The van der Waals surface area contributed by atoms with Gasteiger partial charge in [-0.15, -0.1) is 0 Å². The van der Waals surface area contributed by atoms with E-state index in [4.69, 9.17) is 11.6 Å². The van der Waals surface area contributed by atoms with E-state index in [-0.39, 0.29) is 10.6 Å². The van der Waals surface area contributed by atoms with Crippen LogP contribution in [-0.4, -0.2) is 6.29 Å². The zero-order chi connectivity index (χ0) is 8.43. The molecule has 0 N–H and O–H groups in total. The number of rotatable bonds is 1. The molecule has 0 atom stereocenters. The average molecular weight is 236 g/mol. The third-order valence-corrected chi connectivity index (χ3v) is 1.86. The smallest absolute Gasteiger partial charge is 0.238 e. The van der Waals surface area contributed by atoms with Gasteiger partial charge in [0.2, 0.25) is 6.29 Å². The van der Waals surface area contributed by atoms with Crippen LogP contribution in [0.1, 0.15) is 5.56 Å². The lowest BCUT2D eigenvalue weighted by molar-refractivity contribution is 0.556. The second kappa shape index (κ2) is 3.32. The molecule has 0 unspecified atom stereocenters. The van der Waals surface area contributed by atoms with Crippen LogP contribution in [0.3, 0.4) is 0 Å². The molecule has 0 spiro atoms. The summed E-state index contributed by atoms with van der Waals surface area (Å²) >= 11 is 8.52. The topological polar surface area (TPSA) is 17.1 Å². The molecule has 0 aliphatic rings. The van der Waals surface area contributed by atoms with Gasteiger partial charge in [0.15, 0.2) is 0 Å². The van der Waals surface area contributed by atoms with Crippen LogP contribution < -0.4 is 0 Å². The Hall–Kier alpha value is -0.410. The predicted octanol–water partition coefficient (Wildman–Crippen LogP) is 2.70. The van der Waals surface area contributed by atoms with Gasteiger partial charge in [0.25, 0.3) is 0 Å². The molecule has 11 heavy (non-hydrogen) atoms. The number of benzene rings is 1. The van der Waals surface area contributed by atoms with Gasteiger partial charge in [-0.25, -0.2) is 4.39 Å². The summed E-state index contributed by atoms with van der Waals surface area (Å²) in [7, 11) is 0. The Balaban J connectivity index is 3.36. The van der Waals surface area contributed by atoms with Crippen molar-refractivity contribution in [3.63, 3.8) is 0 Å². The third kappa shape index (κ3) is 1.79. The maximum Gasteiger partial charge on any atom is 0.238 e. The molecule has 57 valence electrons. The molecule has 0 aromatic heterocycles. The van der Waals surface area contributed by atoms with Crippen molar-refractivity contribution in [3.8, 4) is 0 Å². The van der Waals surface area contributed by atoms with Crippen molar-refractivity contribution in [3.05, 3.63) is 33.0 Å². The minimum atomic E-state index is -0.667. The summed E-state index contributed by atoms with van der Waals surface area (Å²) < 4.78 is 13.2. The molecule has 4 heteroatoms. The lowest BCUT2D eigenvalue weighted by Gasteiger charge is -1.97. The van der Waals surface area contributed by atoms with Gasteiger partial charge >= 0.3 is 0 Å². The van der Waals surface area contributed by atoms with E-state index in [9.17, 15) is 9.18 Å². The molecular weight excluding hydrogens is 234 g/mol. The lowest BCUT2D eigenvalue weighted by Crippen LogP contribution is -1.88. The molecular formula is C7H2BrClFO. The van der Waals surface area contributed by atoms with Crippen molar-refractivity contribution in [1.29, 1.82) is 0 Å². The van der Waals surface area contributed by atoms with Gasteiger partial charge in [0.1, 0.15) is 5.82 Å². The van der Waals surface area contributed by atoms with Crippen molar-refractivity contribution in [2.24, 2.45) is 0 Å². The molecule has 0 heterocycles. The Morgan fingerprint density at radius 2 is 2.18 bits per heavy atom. The second-order valence-electron chi connectivity index (χ2n) is 1.85. The maximum absolute atomic E-state index is 12.7. The number of carbonyl (C=O) groups excluding carboxylic acids is 1. The Morgan fingerprint density at radius 1 is 1.55 bits per heavy atom. The number of halogens is 3. The molecule has 0 saturated carbocycles. The van der Waals surface area contributed by atoms with Crippen LogP contribution in [0.15, 0.2) is 16.6 Å². The van der Waals surface area contributed by atoms with E-state index >= 15 is 0 Å². The first kappa shape index (κ1) is 8.68. The standard InChI is InChI=1S/C7H2BrClFO/c8-4-1-6(9)5(3-11)7(10)2-4/h1-2H. The molecule has 0 aliphatic heterocycles. The largest absolute Gasteiger partial charge is 0.285 e. The van der Waals surface area contributed by atoms with E-state index in [1.165, 1.54) is 12.4 Å². The van der Waals surface area contributed by atoms with Crippen LogP contribution in [-0.2, 0) is 4.79 Å². The van der Waals surface area contributed by atoms with E-state index in [0.29, 0.717) is 4.47 Å². The van der Waals surface area contributed by atoms with Crippen LogP contribution in [0.25, 0.3) is 0 Å².